The van der Waals surface area contributed by atoms with Gasteiger partial charge in [-0.15, -0.1) is 0 Å². The van der Waals surface area contributed by atoms with E-state index in [1.54, 1.807) is 0 Å². The molecule has 1 unspecified atom stereocenters. The first kappa shape index (κ1) is 22.3. The number of esters is 1. The van der Waals surface area contributed by atoms with Crippen LogP contribution in [0.1, 0.15) is 29.9 Å². The van der Waals surface area contributed by atoms with Crippen molar-refractivity contribution >= 4 is 17.3 Å². The molecule has 2 aromatic rings. The standard InChI is InChI=1S/C25H35N3O2/c1-26(2)15-9-17-28-23-13-7-5-11-20(23)19-22(21-12-6-8-14-24(21)28)25(29)30-18-10-16-27(3)4/h5-8,11-14,22H,9-10,15-19H2,1-4H3/p+1. The predicted octanol–water partition coefficient (Wildman–Crippen LogP) is 2.49. The summed E-state index contributed by atoms with van der Waals surface area (Å²) in [4.78, 5) is 19.1. The van der Waals surface area contributed by atoms with Crippen LogP contribution in [0.4, 0.5) is 11.4 Å². The van der Waals surface area contributed by atoms with E-state index in [4.69, 9.17) is 4.74 Å². The third-order valence-electron chi connectivity index (χ3n) is 5.65. The molecule has 0 radical (unpaired) electrons. The molecule has 0 aliphatic carbocycles. The van der Waals surface area contributed by atoms with Gasteiger partial charge >= 0.3 is 5.97 Å². The van der Waals surface area contributed by atoms with Crippen molar-refractivity contribution < 1.29 is 14.4 Å². The van der Waals surface area contributed by atoms with Crippen molar-refractivity contribution in [2.24, 2.45) is 0 Å². The van der Waals surface area contributed by atoms with Crippen LogP contribution in [0.25, 0.3) is 0 Å². The van der Waals surface area contributed by atoms with Crippen LogP contribution < -0.4 is 9.80 Å². The van der Waals surface area contributed by atoms with Crippen molar-refractivity contribution in [1.29, 1.82) is 0 Å². The van der Waals surface area contributed by atoms with Crippen molar-refractivity contribution in [3.63, 3.8) is 0 Å². The first-order valence-electron chi connectivity index (χ1n) is 11.0. The fourth-order valence-electron chi connectivity index (χ4n) is 4.13. The number of hydrogen-bond acceptors (Lipinski definition) is 4. The number of carbonyl (C=O) groups is 1. The molecule has 1 heterocycles. The quantitative estimate of drug-likeness (QED) is 0.509. The fourth-order valence-corrected chi connectivity index (χ4v) is 4.13. The van der Waals surface area contributed by atoms with Crippen LogP contribution in [0.2, 0.25) is 0 Å². The summed E-state index contributed by atoms with van der Waals surface area (Å²) in [5.74, 6) is -0.381. The summed E-state index contributed by atoms with van der Waals surface area (Å²) in [5.41, 5.74) is 4.61. The Morgan fingerprint density at radius 1 is 1.07 bits per heavy atom. The third-order valence-corrected chi connectivity index (χ3v) is 5.65. The SMILES string of the molecule is CN(C)CCCN1c2ccccc2CC(C(=O)OCCC[NH+](C)C)c2ccccc21. The normalized spacial score (nSPS) is 15.7. The van der Waals surface area contributed by atoms with Crippen LogP contribution in [0.15, 0.2) is 48.5 Å². The van der Waals surface area contributed by atoms with E-state index in [1.165, 1.54) is 16.2 Å². The maximum Gasteiger partial charge on any atom is 0.313 e. The first-order chi connectivity index (χ1) is 14.5. The highest BCUT2D eigenvalue weighted by molar-refractivity contribution is 5.85. The highest BCUT2D eigenvalue weighted by Gasteiger charge is 2.31. The molecule has 1 atom stereocenters. The molecule has 1 N–H and O–H groups in total. The number of anilines is 2. The number of ether oxygens (including phenoxy) is 1. The van der Waals surface area contributed by atoms with Gasteiger partial charge in [0.2, 0.25) is 0 Å². The van der Waals surface area contributed by atoms with Gasteiger partial charge in [0, 0.05) is 24.3 Å². The highest BCUT2D eigenvalue weighted by atomic mass is 16.5. The van der Waals surface area contributed by atoms with Gasteiger partial charge in [0.05, 0.1) is 33.2 Å². The van der Waals surface area contributed by atoms with Gasteiger partial charge in [0.15, 0.2) is 0 Å². The molecule has 5 heteroatoms. The van der Waals surface area contributed by atoms with Crippen molar-refractivity contribution in [2.75, 3.05) is 59.3 Å². The number of fused-ring (bicyclic) bond motifs is 2. The molecule has 1 aliphatic rings. The van der Waals surface area contributed by atoms with Crippen LogP contribution in [0.3, 0.4) is 0 Å². The van der Waals surface area contributed by atoms with Gasteiger partial charge in [-0.1, -0.05) is 36.4 Å². The molecule has 3 rings (SSSR count). The number of hydrogen-bond donors (Lipinski definition) is 1. The Balaban J connectivity index is 1.88. The fraction of sp³-hybridized carbons (Fsp3) is 0.480. The van der Waals surface area contributed by atoms with Crippen LogP contribution in [-0.4, -0.2) is 65.3 Å². The lowest BCUT2D eigenvalue weighted by atomic mass is 9.92. The summed E-state index contributed by atoms with van der Waals surface area (Å²) >= 11 is 0. The Morgan fingerprint density at radius 3 is 2.50 bits per heavy atom. The van der Waals surface area contributed by atoms with Crippen molar-refractivity contribution in [3.8, 4) is 0 Å². The van der Waals surface area contributed by atoms with Crippen molar-refractivity contribution in [1.82, 2.24) is 4.90 Å². The van der Waals surface area contributed by atoms with Gasteiger partial charge in [-0.2, -0.15) is 0 Å². The Hall–Kier alpha value is -2.37. The molecule has 0 bridgehead atoms. The molecule has 0 fully saturated rings. The summed E-state index contributed by atoms with van der Waals surface area (Å²) in [6.45, 7) is 3.42. The lowest BCUT2D eigenvalue weighted by molar-refractivity contribution is -0.858. The summed E-state index contributed by atoms with van der Waals surface area (Å²) in [7, 11) is 8.44. The zero-order valence-corrected chi connectivity index (χ0v) is 18.9. The number of para-hydroxylation sites is 2. The summed E-state index contributed by atoms with van der Waals surface area (Å²) in [5, 5.41) is 0. The number of nitrogens with one attached hydrogen (secondary N) is 1. The molecular weight excluding hydrogens is 374 g/mol. The molecule has 2 aromatic carbocycles. The average Bonchev–Trinajstić information content (AvgIpc) is 2.86. The maximum absolute atomic E-state index is 13.1. The minimum Gasteiger partial charge on any atom is -0.465 e. The summed E-state index contributed by atoms with van der Waals surface area (Å²) < 4.78 is 5.73. The second kappa shape index (κ2) is 10.6. The molecule has 0 aromatic heterocycles. The van der Waals surface area contributed by atoms with Gasteiger partial charge < -0.3 is 19.4 Å². The lowest BCUT2D eigenvalue weighted by Crippen LogP contribution is -3.05. The van der Waals surface area contributed by atoms with E-state index in [1.807, 2.05) is 6.07 Å². The average molecular weight is 411 g/mol. The van der Waals surface area contributed by atoms with Crippen molar-refractivity contribution in [3.05, 3.63) is 59.7 Å². The van der Waals surface area contributed by atoms with Crippen molar-refractivity contribution in [2.45, 2.75) is 25.2 Å². The molecule has 0 spiro atoms. The summed E-state index contributed by atoms with van der Waals surface area (Å²) in [6, 6.07) is 16.8. The van der Waals surface area contributed by atoms with E-state index in [9.17, 15) is 4.79 Å². The molecule has 30 heavy (non-hydrogen) atoms. The Labute approximate surface area is 181 Å². The maximum atomic E-state index is 13.1. The van der Waals surface area contributed by atoms with E-state index in [-0.39, 0.29) is 11.9 Å². The molecule has 162 valence electrons. The third kappa shape index (κ3) is 5.61. The molecule has 5 nitrogen and oxygen atoms in total. The van der Waals surface area contributed by atoms with Gasteiger partial charge in [0.1, 0.15) is 0 Å². The van der Waals surface area contributed by atoms with Crippen LogP contribution in [0.5, 0.6) is 0 Å². The van der Waals surface area contributed by atoms with Gasteiger partial charge in [0.25, 0.3) is 0 Å². The smallest absolute Gasteiger partial charge is 0.313 e. The van der Waals surface area contributed by atoms with E-state index in [0.29, 0.717) is 13.0 Å². The van der Waals surface area contributed by atoms with E-state index in [2.05, 4.69) is 80.5 Å². The molecule has 0 amide bonds. The highest BCUT2D eigenvalue weighted by Crippen LogP contribution is 2.41. The number of nitrogens with zero attached hydrogens (tertiary/aromatic N) is 2. The monoisotopic (exact) mass is 410 g/mol. The topological polar surface area (TPSA) is 37.2 Å². The Morgan fingerprint density at radius 2 is 1.77 bits per heavy atom. The van der Waals surface area contributed by atoms with E-state index in [0.717, 1.165) is 43.7 Å². The number of quaternary nitrogens is 1. The van der Waals surface area contributed by atoms with Gasteiger partial charge in [-0.3, -0.25) is 4.79 Å². The molecule has 0 saturated heterocycles. The van der Waals surface area contributed by atoms with Gasteiger partial charge in [-0.25, -0.2) is 0 Å². The van der Waals surface area contributed by atoms with E-state index >= 15 is 0 Å². The minimum absolute atomic E-state index is 0.110. The lowest BCUT2D eigenvalue weighted by Gasteiger charge is -2.28. The molecule has 0 saturated carbocycles. The van der Waals surface area contributed by atoms with Gasteiger partial charge in [-0.05, 0) is 56.7 Å². The Kier molecular flexibility index (Phi) is 7.88. The zero-order valence-electron chi connectivity index (χ0n) is 18.9. The Bertz CT molecular complexity index is 835. The number of benzene rings is 2. The minimum atomic E-state index is -0.270. The van der Waals surface area contributed by atoms with Crippen LogP contribution in [0, 0.1) is 0 Å². The first-order valence-corrected chi connectivity index (χ1v) is 11.0. The number of rotatable bonds is 9. The number of carbonyl (C=O) groups excluding carboxylic acids is 1. The largest absolute Gasteiger partial charge is 0.465 e. The predicted molar refractivity (Wildman–Crippen MR) is 123 cm³/mol. The summed E-state index contributed by atoms with van der Waals surface area (Å²) in [6.07, 6.45) is 2.61. The second-order valence-corrected chi connectivity index (χ2v) is 8.73. The van der Waals surface area contributed by atoms with Crippen LogP contribution >= 0.6 is 0 Å². The second-order valence-electron chi connectivity index (χ2n) is 8.73. The molecule has 1 aliphatic heterocycles. The zero-order chi connectivity index (χ0) is 21.5. The van der Waals surface area contributed by atoms with Crippen LogP contribution in [-0.2, 0) is 16.0 Å². The molecular formula is C25H36N3O2+. The van der Waals surface area contributed by atoms with E-state index < -0.39 is 0 Å².